The zero-order valence-corrected chi connectivity index (χ0v) is 16.9. The number of carbonyl (C=O) groups excluding carboxylic acids is 1. The minimum Gasteiger partial charge on any atom is -0.487 e. The summed E-state index contributed by atoms with van der Waals surface area (Å²) in [5.74, 6) is 0.686. The second-order valence-corrected chi connectivity index (χ2v) is 9.85. The molecule has 0 saturated carbocycles. The van der Waals surface area contributed by atoms with Crippen LogP contribution in [0.15, 0.2) is 35.7 Å². The van der Waals surface area contributed by atoms with Crippen molar-refractivity contribution in [1.29, 1.82) is 0 Å². The van der Waals surface area contributed by atoms with Crippen LogP contribution in [-0.4, -0.2) is 48.8 Å². The van der Waals surface area contributed by atoms with Gasteiger partial charge in [-0.15, -0.1) is 11.3 Å². The number of amides is 1. The van der Waals surface area contributed by atoms with Gasteiger partial charge in [-0.1, -0.05) is 12.1 Å². The van der Waals surface area contributed by atoms with E-state index in [9.17, 15) is 13.2 Å². The third-order valence-electron chi connectivity index (χ3n) is 4.43. The molecule has 2 aromatic rings. The van der Waals surface area contributed by atoms with Gasteiger partial charge in [-0.2, -0.15) is 0 Å². The molecule has 27 heavy (non-hydrogen) atoms. The molecule has 0 spiro atoms. The Morgan fingerprint density at radius 2 is 2.26 bits per heavy atom. The van der Waals surface area contributed by atoms with Crippen molar-refractivity contribution in [2.45, 2.75) is 26.0 Å². The lowest BCUT2D eigenvalue weighted by molar-refractivity contribution is -0.126. The SMILES string of the molecule is Cc1nc(COc2cccc(/C=C/C(=O)N(C)C3CCS(=O)(=O)C3)c2)cs1. The molecule has 1 unspecified atom stereocenters. The molecule has 1 aliphatic heterocycles. The van der Waals surface area contributed by atoms with Crippen molar-refractivity contribution in [2.24, 2.45) is 0 Å². The van der Waals surface area contributed by atoms with Crippen molar-refractivity contribution in [3.05, 3.63) is 52.0 Å². The zero-order valence-electron chi connectivity index (χ0n) is 15.3. The first-order valence-corrected chi connectivity index (χ1v) is 11.3. The second-order valence-electron chi connectivity index (χ2n) is 6.56. The Bertz CT molecular complexity index is 950. The molecule has 0 radical (unpaired) electrons. The molecule has 144 valence electrons. The van der Waals surface area contributed by atoms with Crippen LogP contribution in [0.1, 0.15) is 22.7 Å². The van der Waals surface area contributed by atoms with Gasteiger partial charge in [0.25, 0.3) is 0 Å². The Labute approximate surface area is 163 Å². The van der Waals surface area contributed by atoms with Crippen LogP contribution in [0, 0.1) is 6.92 Å². The highest BCUT2D eigenvalue weighted by atomic mass is 32.2. The summed E-state index contributed by atoms with van der Waals surface area (Å²) >= 11 is 1.58. The monoisotopic (exact) mass is 406 g/mol. The molecule has 1 aromatic heterocycles. The molecule has 2 heterocycles. The Morgan fingerprint density at radius 1 is 1.44 bits per heavy atom. The number of ether oxygens (including phenoxy) is 1. The van der Waals surface area contributed by atoms with Crippen LogP contribution < -0.4 is 4.74 Å². The van der Waals surface area contributed by atoms with Gasteiger partial charge in [-0.25, -0.2) is 13.4 Å². The van der Waals surface area contributed by atoms with Gasteiger partial charge in [-0.05, 0) is 37.1 Å². The lowest BCUT2D eigenvalue weighted by Crippen LogP contribution is -2.36. The fraction of sp³-hybridized carbons (Fsp3) is 0.368. The third-order valence-corrected chi connectivity index (χ3v) is 7.01. The van der Waals surface area contributed by atoms with Gasteiger partial charge in [0.15, 0.2) is 9.84 Å². The van der Waals surface area contributed by atoms with E-state index in [0.717, 1.165) is 16.3 Å². The number of nitrogens with zero attached hydrogens (tertiary/aromatic N) is 2. The van der Waals surface area contributed by atoms with E-state index in [1.54, 1.807) is 24.5 Å². The molecule has 8 heteroatoms. The summed E-state index contributed by atoms with van der Waals surface area (Å²) in [5, 5.41) is 2.97. The maximum Gasteiger partial charge on any atom is 0.246 e. The molecule has 1 aliphatic rings. The number of hydrogen-bond acceptors (Lipinski definition) is 6. The van der Waals surface area contributed by atoms with E-state index in [0.29, 0.717) is 18.8 Å². The van der Waals surface area contributed by atoms with Gasteiger partial charge >= 0.3 is 0 Å². The lowest BCUT2D eigenvalue weighted by atomic mass is 10.2. The maximum absolute atomic E-state index is 12.3. The smallest absolute Gasteiger partial charge is 0.246 e. The van der Waals surface area contributed by atoms with Gasteiger partial charge in [-0.3, -0.25) is 4.79 Å². The van der Waals surface area contributed by atoms with Crippen LogP contribution in [0.2, 0.25) is 0 Å². The quantitative estimate of drug-likeness (QED) is 0.690. The van der Waals surface area contributed by atoms with Crippen molar-refractivity contribution >= 4 is 33.2 Å². The number of hydrogen-bond donors (Lipinski definition) is 0. The van der Waals surface area contributed by atoms with Crippen molar-refractivity contribution in [3.63, 3.8) is 0 Å². The van der Waals surface area contributed by atoms with E-state index in [1.165, 1.54) is 11.0 Å². The first-order chi connectivity index (χ1) is 12.8. The summed E-state index contributed by atoms with van der Waals surface area (Å²) in [5.41, 5.74) is 1.73. The number of aromatic nitrogens is 1. The molecule has 1 amide bonds. The Hall–Kier alpha value is -2.19. The number of benzene rings is 1. The summed E-state index contributed by atoms with van der Waals surface area (Å²) in [4.78, 5) is 18.2. The Kier molecular flexibility index (Phi) is 5.96. The Balaban J connectivity index is 1.59. The van der Waals surface area contributed by atoms with Crippen molar-refractivity contribution in [1.82, 2.24) is 9.88 Å². The summed E-state index contributed by atoms with van der Waals surface area (Å²) < 4.78 is 28.9. The van der Waals surface area contributed by atoms with E-state index in [-0.39, 0.29) is 23.5 Å². The molecule has 6 nitrogen and oxygen atoms in total. The minimum atomic E-state index is -3.01. The average molecular weight is 407 g/mol. The molecule has 1 atom stereocenters. The van der Waals surface area contributed by atoms with Crippen LogP contribution >= 0.6 is 11.3 Å². The average Bonchev–Trinajstić information content (AvgIpc) is 3.22. The third kappa shape index (κ3) is 5.40. The van der Waals surface area contributed by atoms with Crippen LogP contribution in [-0.2, 0) is 21.2 Å². The van der Waals surface area contributed by atoms with E-state index in [2.05, 4.69) is 4.98 Å². The number of aryl methyl sites for hydroxylation is 1. The highest BCUT2D eigenvalue weighted by molar-refractivity contribution is 7.91. The first-order valence-electron chi connectivity index (χ1n) is 8.61. The predicted molar refractivity (Wildman–Crippen MR) is 106 cm³/mol. The van der Waals surface area contributed by atoms with Crippen molar-refractivity contribution in [3.8, 4) is 5.75 Å². The largest absolute Gasteiger partial charge is 0.487 e. The summed E-state index contributed by atoms with van der Waals surface area (Å²) in [7, 11) is -1.37. The first kappa shape index (κ1) is 19.6. The number of thiazole rings is 1. The van der Waals surface area contributed by atoms with E-state index in [4.69, 9.17) is 4.74 Å². The molecule has 0 aliphatic carbocycles. The lowest BCUT2D eigenvalue weighted by Gasteiger charge is -2.21. The highest BCUT2D eigenvalue weighted by Gasteiger charge is 2.31. The van der Waals surface area contributed by atoms with Crippen LogP contribution in [0.4, 0.5) is 0 Å². The summed E-state index contributed by atoms with van der Waals surface area (Å²) in [6.07, 6.45) is 3.67. The van der Waals surface area contributed by atoms with Gasteiger partial charge in [0.05, 0.1) is 22.2 Å². The summed E-state index contributed by atoms with van der Waals surface area (Å²) in [6, 6.07) is 7.20. The minimum absolute atomic E-state index is 0.0441. The molecule has 1 fully saturated rings. The molecule has 1 saturated heterocycles. The summed E-state index contributed by atoms with van der Waals surface area (Å²) in [6.45, 7) is 2.35. The Morgan fingerprint density at radius 3 is 2.93 bits per heavy atom. The predicted octanol–water partition coefficient (Wildman–Crippen LogP) is 2.69. The molecular formula is C19H22N2O4S2. The van der Waals surface area contributed by atoms with Crippen LogP contribution in [0.5, 0.6) is 5.75 Å². The van der Waals surface area contributed by atoms with Gasteiger partial charge in [0.1, 0.15) is 12.4 Å². The van der Waals surface area contributed by atoms with Crippen LogP contribution in [0.25, 0.3) is 6.08 Å². The standard InChI is InChI=1S/C19H22N2O4S2/c1-14-20-16(12-26-14)11-25-18-5-3-4-15(10-18)6-7-19(22)21(2)17-8-9-27(23,24)13-17/h3-7,10,12,17H,8-9,11,13H2,1-2H3/b7-6+. The topological polar surface area (TPSA) is 76.6 Å². The molecular weight excluding hydrogens is 384 g/mol. The zero-order chi connectivity index (χ0) is 19.4. The molecule has 0 N–H and O–H groups in total. The number of likely N-dealkylation sites (N-methyl/N-ethyl adjacent to an activating group) is 1. The van der Waals surface area contributed by atoms with Gasteiger partial charge < -0.3 is 9.64 Å². The van der Waals surface area contributed by atoms with Gasteiger partial charge in [0.2, 0.25) is 5.91 Å². The van der Waals surface area contributed by atoms with E-state index < -0.39 is 9.84 Å². The number of carbonyl (C=O) groups is 1. The highest BCUT2D eigenvalue weighted by Crippen LogP contribution is 2.19. The normalized spacial score (nSPS) is 18.7. The van der Waals surface area contributed by atoms with Crippen molar-refractivity contribution in [2.75, 3.05) is 18.6 Å². The van der Waals surface area contributed by atoms with E-state index in [1.807, 2.05) is 36.6 Å². The second kappa shape index (κ2) is 8.22. The van der Waals surface area contributed by atoms with Gasteiger partial charge in [0, 0.05) is 24.5 Å². The fourth-order valence-electron chi connectivity index (χ4n) is 2.89. The molecule has 1 aromatic carbocycles. The van der Waals surface area contributed by atoms with Crippen molar-refractivity contribution < 1.29 is 17.9 Å². The molecule has 0 bridgehead atoms. The van der Waals surface area contributed by atoms with E-state index >= 15 is 0 Å². The number of sulfone groups is 1. The molecule has 3 rings (SSSR count). The fourth-order valence-corrected chi connectivity index (χ4v) is 5.26. The maximum atomic E-state index is 12.3. The number of rotatable bonds is 6. The van der Waals surface area contributed by atoms with Crippen LogP contribution in [0.3, 0.4) is 0 Å².